The van der Waals surface area contributed by atoms with E-state index in [-0.39, 0.29) is 50.6 Å². The van der Waals surface area contributed by atoms with Crippen molar-refractivity contribution in [2.75, 3.05) is 0 Å². The molecule has 6 heteroatoms. The van der Waals surface area contributed by atoms with E-state index in [1.807, 2.05) is 0 Å². The second kappa shape index (κ2) is 9.90. The van der Waals surface area contributed by atoms with Gasteiger partial charge in [-0.3, -0.25) is 9.11 Å². The van der Waals surface area contributed by atoms with Gasteiger partial charge in [0, 0.05) is 50.6 Å². The van der Waals surface area contributed by atoms with Crippen molar-refractivity contribution in [1.82, 2.24) is 0 Å². The summed E-state index contributed by atoms with van der Waals surface area (Å²) in [6.07, 6.45) is 0. The number of rotatable bonds is 0. The molecule has 3 nitrogen and oxygen atoms in total. The van der Waals surface area contributed by atoms with Crippen molar-refractivity contribution >= 4 is 40.9 Å². The summed E-state index contributed by atoms with van der Waals surface area (Å²) in [6.45, 7) is 0. The summed E-state index contributed by atoms with van der Waals surface area (Å²) in [6, 6.07) is 0. The molecule has 0 aliphatic heterocycles. The predicted octanol–water partition coefficient (Wildman–Crippen LogP) is -0.702. The summed E-state index contributed by atoms with van der Waals surface area (Å²) in [4.78, 5) is 0. The van der Waals surface area contributed by atoms with E-state index in [9.17, 15) is 0 Å². The number of hydrogen-bond acceptors (Lipinski definition) is 1. The van der Waals surface area contributed by atoms with Crippen molar-refractivity contribution in [2.45, 2.75) is 0 Å². The summed E-state index contributed by atoms with van der Waals surface area (Å²) in [5, 5.41) is 0. The minimum atomic E-state index is -2.61. The molecule has 0 rings (SSSR count). The minimum absolute atomic E-state index is 0. The van der Waals surface area contributed by atoms with Crippen molar-refractivity contribution in [3.63, 3.8) is 0 Å². The first-order chi connectivity index (χ1) is 1.73. The van der Waals surface area contributed by atoms with Gasteiger partial charge in [-0.15, -0.1) is 0 Å². The first kappa shape index (κ1) is 15.7. The van der Waals surface area contributed by atoms with E-state index in [1.54, 1.807) is 0 Å². The maximum atomic E-state index is 8.67. The van der Waals surface area contributed by atoms with Crippen LogP contribution in [0.4, 0.5) is 0 Å². The summed E-state index contributed by atoms with van der Waals surface area (Å²) in [5.41, 5.74) is 0. The second-order valence-corrected chi connectivity index (χ2v) is 0.692. The van der Waals surface area contributed by atoms with Crippen LogP contribution < -0.4 is 0 Å². The topological polar surface area (TPSA) is 57.5 Å². The van der Waals surface area contributed by atoms with Gasteiger partial charge in [-0.05, 0) is 0 Å². The van der Waals surface area contributed by atoms with Gasteiger partial charge in [-0.2, -0.15) is 4.21 Å². The average molecular weight is 300 g/mol. The van der Waals surface area contributed by atoms with E-state index in [0.29, 0.717) is 0 Å². The van der Waals surface area contributed by atoms with Crippen LogP contribution in [0.1, 0.15) is 0 Å². The van der Waals surface area contributed by atoms with Crippen molar-refractivity contribution in [3.8, 4) is 0 Å². The Kier molecular flexibility index (Phi) is 25.8. The molecule has 0 saturated carbocycles. The fourth-order valence-electron chi connectivity index (χ4n) is 0. The molecule has 2 N–H and O–H groups in total. The molecular weight excluding hydrogens is 298 g/mol. The van der Waals surface area contributed by atoms with Gasteiger partial charge in [0.25, 0.3) is 11.4 Å². The van der Waals surface area contributed by atoms with E-state index < -0.39 is 11.4 Å². The van der Waals surface area contributed by atoms with Gasteiger partial charge in [0.15, 0.2) is 0 Å². The third-order valence-electron chi connectivity index (χ3n) is 0. The van der Waals surface area contributed by atoms with Crippen LogP contribution >= 0.6 is 0 Å². The molecule has 0 saturated heterocycles. The molecule has 0 heterocycles. The zero-order valence-corrected chi connectivity index (χ0v) is 8.12. The molecule has 0 bridgehead atoms. The van der Waals surface area contributed by atoms with E-state index in [4.69, 9.17) is 13.3 Å². The minimum Gasteiger partial charge on any atom is -0.284 e. The zero-order chi connectivity index (χ0) is 3.58. The fourth-order valence-corrected chi connectivity index (χ4v) is 0. The Morgan fingerprint density at radius 3 is 1.33 bits per heavy atom. The monoisotopic (exact) mass is 300 g/mol. The van der Waals surface area contributed by atoms with E-state index >= 15 is 0 Å². The second-order valence-electron chi connectivity index (χ2n) is 0.231. The van der Waals surface area contributed by atoms with Crippen LogP contribution in [0, 0.1) is 0 Å². The smallest absolute Gasteiger partial charge is 0.284 e. The van der Waals surface area contributed by atoms with Gasteiger partial charge in [0.1, 0.15) is 0 Å². The molecular formula is H2NaO3PtS. The van der Waals surface area contributed by atoms with E-state index in [0.717, 1.165) is 0 Å². The summed E-state index contributed by atoms with van der Waals surface area (Å²) >= 11 is -2.61. The van der Waals surface area contributed by atoms with Crippen molar-refractivity contribution in [3.05, 3.63) is 0 Å². The third kappa shape index (κ3) is 42.2. The zero-order valence-electron chi connectivity index (χ0n) is 3.03. The molecule has 0 spiro atoms. The summed E-state index contributed by atoms with van der Waals surface area (Å²) in [7, 11) is 0. The van der Waals surface area contributed by atoms with Crippen LogP contribution in [0.5, 0.6) is 0 Å². The Hall–Kier alpha value is 1.76. The Labute approximate surface area is 74.6 Å². The number of hydrogen-bond donors (Lipinski definition) is 2. The third-order valence-corrected chi connectivity index (χ3v) is 0. The molecule has 0 atom stereocenters. The first-order valence-corrected chi connectivity index (χ1v) is 1.60. The average Bonchev–Trinajstić information content (AvgIpc) is 0.811. The molecule has 0 amide bonds. The SMILES string of the molecule is O=S(O)O.[Na].[Pt]. The van der Waals surface area contributed by atoms with Crippen LogP contribution in [-0.4, -0.2) is 42.9 Å². The molecule has 0 aliphatic carbocycles. The van der Waals surface area contributed by atoms with Crippen LogP contribution in [0.2, 0.25) is 0 Å². The molecule has 0 fully saturated rings. The summed E-state index contributed by atoms with van der Waals surface area (Å²) < 4.78 is 22.8. The largest absolute Gasteiger partial charge is 0.299 e. The molecule has 0 aromatic heterocycles. The van der Waals surface area contributed by atoms with Gasteiger partial charge in [-0.25, -0.2) is 0 Å². The molecule has 37 valence electrons. The molecule has 6 heavy (non-hydrogen) atoms. The molecule has 0 aliphatic rings. The Bertz CT molecular complexity index is 33.8. The Balaban J connectivity index is -0.0000000450. The maximum Gasteiger partial charge on any atom is 0.299 e. The summed E-state index contributed by atoms with van der Waals surface area (Å²) in [5.74, 6) is 0. The Morgan fingerprint density at radius 1 is 1.33 bits per heavy atom. The predicted molar refractivity (Wildman–Crippen MR) is 19.2 cm³/mol. The molecule has 1 radical (unpaired) electrons. The van der Waals surface area contributed by atoms with Crippen molar-refractivity contribution in [2.24, 2.45) is 0 Å². The fraction of sp³-hybridized carbons (Fsp3) is 0. The molecule has 0 aromatic carbocycles. The van der Waals surface area contributed by atoms with Crippen LogP contribution in [0.25, 0.3) is 0 Å². The van der Waals surface area contributed by atoms with E-state index in [2.05, 4.69) is 0 Å². The van der Waals surface area contributed by atoms with Crippen LogP contribution in [-0.2, 0) is 32.4 Å². The van der Waals surface area contributed by atoms with Crippen LogP contribution in [0.3, 0.4) is 0 Å². The van der Waals surface area contributed by atoms with Gasteiger partial charge in [0.2, 0.25) is 0 Å². The van der Waals surface area contributed by atoms with Gasteiger partial charge >= 0.3 is 0 Å². The standard InChI is InChI=1S/Na.H2O3S.Pt/c;1-4(2)3;/h;(H2,1,2,3);. The van der Waals surface area contributed by atoms with Crippen molar-refractivity contribution < 1.29 is 34.4 Å². The maximum absolute atomic E-state index is 8.67. The first-order valence-electron chi connectivity index (χ1n) is 0.532. The van der Waals surface area contributed by atoms with Gasteiger partial charge < -0.3 is 0 Å². The van der Waals surface area contributed by atoms with Gasteiger partial charge in [-0.1, -0.05) is 0 Å². The normalized spacial score (nSPS) is 5.83. The van der Waals surface area contributed by atoms with E-state index in [1.165, 1.54) is 0 Å². The van der Waals surface area contributed by atoms with Crippen molar-refractivity contribution in [1.29, 1.82) is 0 Å². The molecule has 0 unspecified atom stereocenters. The van der Waals surface area contributed by atoms with Gasteiger partial charge in [0.05, 0.1) is 0 Å². The quantitative estimate of drug-likeness (QED) is 0.459. The Morgan fingerprint density at radius 2 is 1.33 bits per heavy atom. The molecule has 0 aromatic rings. The van der Waals surface area contributed by atoms with Crippen LogP contribution in [0.15, 0.2) is 0 Å².